The molecule has 0 bridgehead atoms. The highest BCUT2D eigenvalue weighted by molar-refractivity contribution is 5.81. The van der Waals surface area contributed by atoms with Crippen LogP contribution in [0.2, 0.25) is 0 Å². The number of benzene rings is 2. The summed E-state index contributed by atoms with van der Waals surface area (Å²) in [6, 6.07) is 14.0. The molecule has 1 unspecified atom stereocenters. The van der Waals surface area contributed by atoms with Gasteiger partial charge in [0.05, 0.1) is 0 Å². The number of hydrogen-bond acceptors (Lipinski definition) is 1. The van der Waals surface area contributed by atoms with E-state index < -0.39 is 0 Å². The first-order chi connectivity index (χ1) is 10.3. The minimum atomic E-state index is 0.102. The molecule has 0 amide bonds. The molecule has 2 aromatic rings. The van der Waals surface area contributed by atoms with Gasteiger partial charge in [0.1, 0.15) is 0 Å². The lowest BCUT2D eigenvalue weighted by Gasteiger charge is -2.24. The summed E-state index contributed by atoms with van der Waals surface area (Å²) in [6.07, 6.45) is 0. The standard InChI is InChI=1S/C21H27N/c1-14-7-9-17-18-10-8-16(15(2)13-22(5)6)12-20(18)21(3,4)19(17)11-14/h7-12,15H,13H2,1-6H3. The molecule has 0 heterocycles. The van der Waals surface area contributed by atoms with Gasteiger partial charge in [-0.2, -0.15) is 0 Å². The van der Waals surface area contributed by atoms with Crippen molar-refractivity contribution in [2.75, 3.05) is 20.6 Å². The Hall–Kier alpha value is -1.60. The van der Waals surface area contributed by atoms with Crippen LogP contribution >= 0.6 is 0 Å². The molecule has 1 nitrogen and oxygen atoms in total. The van der Waals surface area contributed by atoms with Crippen LogP contribution in [0.25, 0.3) is 11.1 Å². The van der Waals surface area contributed by atoms with Crippen molar-refractivity contribution < 1.29 is 0 Å². The van der Waals surface area contributed by atoms with E-state index in [1.807, 2.05) is 0 Å². The first-order valence-corrected chi connectivity index (χ1v) is 8.21. The molecule has 0 spiro atoms. The van der Waals surface area contributed by atoms with E-state index in [1.165, 1.54) is 33.4 Å². The highest BCUT2D eigenvalue weighted by Gasteiger charge is 2.35. The first kappa shape index (κ1) is 15.3. The smallest absolute Gasteiger partial charge is 0.0159 e. The average molecular weight is 293 g/mol. The molecule has 0 fully saturated rings. The summed E-state index contributed by atoms with van der Waals surface area (Å²) >= 11 is 0. The van der Waals surface area contributed by atoms with Crippen molar-refractivity contribution in [1.82, 2.24) is 4.90 Å². The Morgan fingerprint density at radius 1 is 0.955 bits per heavy atom. The van der Waals surface area contributed by atoms with E-state index in [0.717, 1.165) is 6.54 Å². The zero-order valence-electron chi connectivity index (χ0n) is 14.7. The van der Waals surface area contributed by atoms with Gasteiger partial charge in [-0.1, -0.05) is 62.7 Å². The molecule has 0 N–H and O–H groups in total. The molecule has 1 atom stereocenters. The number of fused-ring (bicyclic) bond motifs is 3. The predicted molar refractivity (Wildman–Crippen MR) is 95.7 cm³/mol. The molecular weight excluding hydrogens is 266 g/mol. The Labute approximate surface area is 135 Å². The maximum Gasteiger partial charge on any atom is 0.0159 e. The summed E-state index contributed by atoms with van der Waals surface area (Å²) in [5, 5.41) is 0. The van der Waals surface area contributed by atoms with Crippen molar-refractivity contribution in [3.05, 3.63) is 58.7 Å². The lowest BCUT2D eigenvalue weighted by molar-refractivity contribution is 0.383. The lowest BCUT2D eigenvalue weighted by Crippen LogP contribution is -2.19. The van der Waals surface area contributed by atoms with Crippen LogP contribution < -0.4 is 0 Å². The third-order valence-electron chi connectivity index (χ3n) is 5.06. The molecule has 116 valence electrons. The van der Waals surface area contributed by atoms with Crippen molar-refractivity contribution in [2.45, 2.75) is 39.0 Å². The average Bonchev–Trinajstić information content (AvgIpc) is 2.66. The minimum absolute atomic E-state index is 0.102. The summed E-state index contributed by atoms with van der Waals surface area (Å²) in [5.41, 5.74) is 8.69. The van der Waals surface area contributed by atoms with Crippen LogP contribution in [0.5, 0.6) is 0 Å². The monoisotopic (exact) mass is 293 g/mol. The molecule has 1 aliphatic rings. The summed E-state index contributed by atoms with van der Waals surface area (Å²) in [6.45, 7) is 10.3. The molecule has 1 aliphatic carbocycles. The fraction of sp³-hybridized carbons (Fsp3) is 0.429. The van der Waals surface area contributed by atoms with Gasteiger partial charge in [0, 0.05) is 12.0 Å². The number of hydrogen-bond donors (Lipinski definition) is 0. The quantitative estimate of drug-likeness (QED) is 0.772. The SMILES string of the molecule is Cc1ccc2c(c1)C(C)(C)c1cc(C(C)CN(C)C)ccc1-2. The highest BCUT2D eigenvalue weighted by atomic mass is 15.1. The largest absolute Gasteiger partial charge is 0.309 e. The van der Waals surface area contributed by atoms with Crippen molar-refractivity contribution in [2.24, 2.45) is 0 Å². The van der Waals surface area contributed by atoms with Gasteiger partial charge in [-0.05, 0) is 54.8 Å². The Morgan fingerprint density at radius 3 is 2.18 bits per heavy atom. The van der Waals surface area contributed by atoms with Gasteiger partial charge in [0.2, 0.25) is 0 Å². The molecule has 3 rings (SSSR count). The molecule has 0 aromatic heterocycles. The first-order valence-electron chi connectivity index (χ1n) is 8.21. The fourth-order valence-electron chi connectivity index (χ4n) is 3.83. The normalized spacial score (nSPS) is 16.5. The van der Waals surface area contributed by atoms with Crippen molar-refractivity contribution in [3.8, 4) is 11.1 Å². The zero-order valence-corrected chi connectivity index (χ0v) is 14.7. The highest BCUT2D eigenvalue weighted by Crippen LogP contribution is 2.49. The predicted octanol–water partition coefficient (Wildman–Crippen LogP) is 4.97. The van der Waals surface area contributed by atoms with Crippen LogP contribution in [0.4, 0.5) is 0 Å². The second-order valence-corrected chi connectivity index (χ2v) is 7.64. The van der Waals surface area contributed by atoms with Crippen molar-refractivity contribution in [3.63, 3.8) is 0 Å². The van der Waals surface area contributed by atoms with Crippen LogP contribution in [-0.2, 0) is 5.41 Å². The molecular formula is C21H27N. The lowest BCUT2D eigenvalue weighted by atomic mass is 9.81. The molecule has 1 heteroatoms. The van der Waals surface area contributed by atoms with E-state index in [9.17, 15) is 0 Å². The molecule has 0 radical (unpaired) electrons. The van der Waals surface area contributed by atoms with E-state index in [0.29, 0.717) is 5.92 Å². The summed E-state index contributed by atoms with van der Waals surface area (Å²) < 4.78 is 0. The Bertz CT molecular complexity index is 710. The maximum atomic E-state index is 2.44. The van der Waals surface area contributed by atoms with E-state index in [4.69, 9.17) is 0 Å². The Kier molecular flexibility index (Phi) is 3.65. The van der Waals surface area contributed by atoms with Gasteiger partial charge in [-0.15, -0.1) is 0 Å². The number of rotatable bonds is 3. The van der Waals surface area contributed by atoms with Crippen molar-refractivity contribution >= 4 is 0 Å². The molecule has 22 heavy (non-hydrogen) atoms. The van der Waals surface area contributed by atoms with Crippen LogP contribution in [-0.4, -0.2) is 25.5 Å². The van der Waals surface area contributed by atoms with E-state index in [1.54, 1.807) is 0 Å². The van der Waals surface area contributed by atoms with Crippen LogP contribution in [0.1, 0.15) is 48.9 Å². The third-order valence-corrected chi connectivity index (χ3v) is 5.06. The topological polar surface area (TPSA) is 3.24 Å². The zero-order chi connectivity index (χ0) is 16.1. The second kappa shape index (κ2) is 5.24. The summed E-state index contributed by atoms with van der Waals surface area (Å²) in [7, 11) is 4.29. The van der Waals surface area contributed by atoms with E-state index in [-0.39, 0.29) is 5.41 Å². The van der Waals surface area contributed by atoms with Crippen LogP contribution in [0, 0.1) is 6.92 Å². The van der Waals surface area contributed by atoms with Gasteiger partial charge in [0.15, 0.2) is 0 Å². The Balaban J connectivity index is 2.09. The van der Waals surface area contributed by atoms with Crippen LogP contribution in [0.3, 0.4) is 0 Å². The van der Waals surface area contributed by atoms with Gasteiger partial charge < -0.3 is 4.90 Å². The van der Waals surface area contributed by atoms with E-state index in [2.05, 4.69) is 83.1 Å². The summed E-state index contributed by atoms with van der Waals surface area (Å²) in [5.74, 6) is 0.557. The number of aryl methyl sites for hydroxylation is 1. The van der Waals surface area contributed by atoms with Gasteiger partial charge in [0.25, 0.3) is 0 Å². The van der Waals surface area contributed by atoms with Gasteiger partial charge >= 0.3 is 0 Å². The molecule has 0 saturated heterocycles. The minimum Gasteiger partial charge on any atom is -0.309 e. The number of nitrogens with zero attached hydrogens (tertiary/aromatic N) is 1. The maximum absolute atomic E-state index is 2.44. The van der Waals surface area contributed by atoms with Gasteiger partial charge in [-0.3, -0.25) is 0 Å². The van der Waals surface area contributed by atoms with E-state index >= 15 is 0 Å². The molecule has 2 aromatic carbocycles. The van der Waals surface area contributed by atoms with Crippen LogP contribution in [0.15, 0.2) is 36.4 Å². The van der Waals surface area contributed by atoms with Gasteiger partial charge in [-0.25, -0.2) is 0 Å². The molecule has 0 saturated carbocycles. The Morgan fingerprint density at radius 2 is 1.55 bits per heavy atom. The fourth-order valence-corrected chi connectivity index (χ4v) is 3.83. The number of likely N-dealkylation sites (N-methyl/N-ethyl adjacent to an activating group) is 1. The third kappa shape index (κ3) is 2.38. The summed E-state index contributed by atoms with van der Waals surface area (Å²) in [4.78, 5) is 2.27. The second-order valence-electron chi connectivity index (χ2n) is 7.64. The molecule has 0 aliphatic heterocycles. The van der Waals surface area contributed by atoms with Crippen molar-refractivity contribution in [1.29, 1.82) is 0 Å².